The minimum atomic E-state index is 0.706. The number of hydrogen-bond donors (Lipinski definition) is 1. The van der Waals surface area contributed by atoms with Gasteiger partial charge < -0.3 is 10.5 Å². The molecule has 4 heteroatoms. The highest BCUT2D eigenvalue weighted by atomic mass is 16.5. The van der Waals surface area contributed by atoms with Crippen molar-refractivity contribution in [3.63, 3.8) is 0 Å². The Morgan fingerprint density at radius 1 is 1.28 bits per heavy atom. The van der Waals surface area contributed by atoms with Crippen molar-refractivity contribution in [1.29, 1.82) is 0 Å². The van der Waals surface area contributed by atoms with Crippen molar-refractivity contribution in [2.45, 2.75) is 32.2 Å². The molecule has 1 aromatic heterocycles. The number of hydrogen-bond acceptors (Lipinski definition) is 4. The van der Waals surface area contributed by atoms with Crippen LogP contribution in [0, 0.1) is 0 Å². The van der Waals surface area contributed by atoms with E-state index in [4.69, 9.17) is 10.5 Å². The molecule has 2 N–H and O–H groups in total. The Hall–Kier alpha value is -1.13. The van der Waals surface area contributed by atoms with Crippen molar-refractivity contribution in [3.8, 4) is 5.88 Å². The topological polar surface area (TPSA) is 51.4 Å². The van der Waals surface area contributed by atoms with Crippen molar-refractivity contribution in [2.75, 3.05) is 26.2 Å². The van der Waals surface area contributed by atoms with Gasteiger partial charge in [0.1, 0.15) is 0 Å². The molecule has 0 aromatic carbocycles. The van der Waals surface area contributed by atoms with E-state index in [0.29, 0.717) is 6.61 Å². The van der Waals surface area contributed by atoms with E-state index in [1.54, 1.807) is 0 Å². The van der Waals surface area contributed by atoms with Crippen LogP contribution in [0.25, 0.3) is 0 Å². The number of ether oxygens (including phenoxy) is 1. The van der Waals surface area contributed by atoms with Crippen LogP contribution in [0.15, 0.2) is 18.3 Å². The van der Waals surface area contributed by atoms with Crippen molar-refractivity contribution in [2.24, 2.45) is 5.73 Å². The Labute approximate surface area is 109 Å². The minimum absolute atomic E-state index is 0.706. The zero-order valence-corrected chi connectivity index (χ0v) is 11.0. The third-order valence-corrected chi connectivity index (χ3v) is 3.25. The molecule has 1 fully saturated rings. The maximum absolute atomic E-state index is 5.63. The van der Waals surface area contributed by atoms with Gasteiger partial charge in [-0.1, -0.05) is 0 Å². The zero-order chi connectivity index (χ0) is 12.6. The summed E-state index contributed by atoms with van der Waals surface area (Å²) in [5, 5.41) is 0. The summed E-state index contributed by atoms with van der Waals surface area (Å²) < 4.78 is 5.63. The molecular weight excluding hydrogens is 226 g/mol. The summed E-state index contributed by atoms with van der Waals surface area (Å²) in [5.74, 6) is 0.740. The predicted octanol–water partition coefficient (Wildman–Crippen LogP) is 1.80. The van der Waals surface area contributed by atoms with Gasteiger partial charge in [0.05, 0.1) is 6.61 Å². The van der Waals surface area contributed by atoms with Gasteiger partial charge in [-0.05, 0) is 56.9 Å². The SMILES string of the molecule is NCCCCOc1cc(CN2CCCC2)ccn1. The van der Waals surface area contributed by atoms with Crippen LogP contribution in [0.1, 0.15) is 31.2 Å². The van der Waals surface area contributed by atoms with Gasteiger partial charge in [-0.2, -0.15) is 0 Å². The summed E-state index contributed by atoms with van der Waals surface area (Å²) in [6, 6.07) is 4.13. The predicted molar refractivity (Wildman–Crippen MR) is 72.5 cm³/mol. The van der Waals surface area contributed by atoms with E-state index in [0.717, 1.165) is 31.8 Å². The van der Waals surface area contributed by atoms with Crippen molar-refractivity contribution >= 4 is 0 Å². The number of likely N-dealkylation sites (tertiary alicyclic amines) is 1. The molecule has 1 saturated heterocycles. The molecule has 0 aliphatic carbocycles. The number of aromatic nitrogens is 1. The Kier molecular flexibility index (Phi) is 5.42. The first-order chi connectivity index (χ1) is 8.88. The fourth-order valence-electron chi connectivity index (χ4n) is 2.25. The largest absolute Gasteiger partial charge is 0.478 e. The molecule has 1 aromatic rings. The Morgan fingerprint density at radius 3 is 2.89 bits per heavy atom. The summed E-state index contributed by atoms with van der Waals surface area (Å²) in [4.78, 5) is 6.72. The van der Waals surface area contributed by atoms with Crippen molar-refractivity contribution in [3.05, 3.63) is 23.9 Å². The number of nitrogens with zero attached hydrogens (tertiary/aromatic N) is 2. The van der Waals surface area contributed by atoms with Gasteiger partial charge in [-0.3, -0.25) is 4.90 Å². The quantitative estimate of drug-likeness (QED) is 0.749. The maximum atomic E-state index is 5.63. The van der Waals surface area contributed by atoms with Crippen molar-refractivity contribution < 1.29 is 4.74 Å². The molecule has 0 unspecified atom stereocenters. The van der Waals surface area contributed by atoms with E-state index in [9.17, 15) is 0 Å². The lowest BCUT2D eigenvalue weighted by atomic mass is 10.2. The third kappa shape index (κ3) is 4.27. The first-order valence-electron chi connectivity index (χ1n) is 6.88. The average Bonchev–Trinajstić information content (AvgIpc) is 2.88. The van der Waals surface area contributed by atoms with E-state index in [-0.39, 0.29) is 0 Å². The molecule has 1 aliphatic rings. The van der Waals surface area contributed by atoms with Crippen molar-refractivity contribution in [1.82, 2.24) is 9.88 Å². The lowest BCUT2D eigenvalue weighted by Gasteiger charge is -2.14. The second-order valence-corrected chi connectivity index (χ2v) is 4.83. The molecule has 0 spiro atoms. The Bertz CT molecular complexity index is 351. The molecule has 0 amide bonds. The van der Waals surface area contributed by atoms with Gasteiger partial charge in [0.25, 0.3) is 0 Å². The molecule has 2 rings (SSSR count). The number of nitrogens with two attached hydrogens (primary N) is 1. The Morgan fingerprint density at radius 2 is 2.11 bits per heavy atom. The average molecular weight is 249 g/mol. The fraction of sp³-hybridized carbons (Fsp3) is 0.643. The van der Waals surface area contributed by atoms with E-state index in [1.165, 1.54) is 31.5 Å². The molecule has 18 heavy (non-hydrogen) atoms. The van der Waals surface area contributed by atoms with Gasteiger partial charge in [-0.25, -0.2) is 4.98 Å². The number of unbranched alkanes of at least 4 members (excludes halogenated alkanes) is 1. The van der Waals surface area contributed by atoms with E-state index in [2.05, 4.69) is 22.0 Å². The van der Waals surface area contributed by atoms with Crippen LogP contribution in [-0.2, 0) is 6.54 Å². The molecule has 100 valence electrons. The van der Waals surface area contributed by atoms with Gasteiger partial charge in [-0.15, -0.1) is 0 Å². The van der Waals surface area contributed by atoms with Crippen LogP contribution in [0.3, 0.4) is 0 Å². The highest BCUT2D eigenvalue weighted by molar-refractivity contribution is 5.20. The normalized spacial score (nSPS) is 16.1. The fourth-order valence-corrected chi connectivity index (χ4v) is 2.25. The zero-order valence-electron chi connectivity index (χ0n) is 11.0. The molecule has 0 atom stereocenters. The summed E-state index contributed by atoms with van der Waals surface area (Å²) in [7, 11) is 0. The third-order valence-electron chi connectivity index (χ3n) is 3.25. The smallest absolute Gasteiger partial charge is 0.213 e. The molecule has 1 aliphatic heterocycles. The lowest BCUT2D eigenvalue weighted by molar-refractivity contribution is 0.293. The van der Waals surface area contributed by atoms with Gasteiger partial charge in [0.15, 0.2) is 0 Å². The van der Waals surface area contributed by atoms with Crippen LogP contribution in [0.5, 0.6) is 5.88 Å². The number of rotatable bonds is 7. The van der Waals surface area contributed by atoms with Crippen LogP contribution < -0.4 is 10.5 Å². The summed E-state index contributed by atoms with van der Waals surface area (Å²) >= 11 is 0. The molecule has 0 saturated carbocycles. The maximum Gasteiger partial charge on any atom is 0.213 e. The first kappa shape index (κ1) is 13.3. The second kappa shape index (κ2) is 7.34. The van der Waals surface area contributed by atoms with E-state index in [1.807, 2.05) is 6.20 Å². The van der Waals surface area contributed by atoms with Crippen LogP contribution >= 0.6 is 0 Å². The summed E-state index contributed by atoms with van der Waals surface area (Å²) in [6.45, 7) is 4.88. The standard InChI is InChI=1S/C14H23N3O/c15-6-1-4-10-18-14-11-13(5-7-16-14)12-17-8-2-3-9-17/h5,7,11H,1-4,6,8-10,12,15H2. The van der Waals surface area contributed by atoms with E-state index < -0.39 is 0 Å². The molecular formula is C14H23N3O. The monoisotopic (exact) mass is 249 g/mol. The van der Waals surface area contributed by atoms with E-state index >= 15 is 0 Å². The second-order valence-electron chi connectivity index (χ2n) is 4.83. The van der Waals surface area contributed by atoms with Gasteiger partial charge in [0.2, 0.25) is 5.88 Å². The molecule has 0 bridgehead atoms. The highest BCUT2D eigenvalue weighted by Crippen LogP contribution is 2.15. The summed E-state index contributed by atoms with van der Waals surface area (Å²) in [6.07, 6.45) is 6.49. The van der Waals surface area contributed by atoms with Gasteiger partial charge >= 0.3 is 0 Å². The highest BCUT2D eigenvalue weighted by Gasteiger charge is 2.11. The summed E-state index contributed by atoms with van der Waals surface area (Å²) in [5.41, 5.74) is 6.74. The van der Waals surface area contributed by atoms with Crippen LogP contribution in [-0.4, -0.2) is 36.1 Å². The molecule has 2 heterocycles. The van der Waals surface area contributed by atoms with Gasteiger partial charge in [0, 0.05) is 18.8 Å². The molecule has 4 nitrogen and oxygen atoms in total. The minimum Gasteiger partial charge on any atom is -0.478 e. The lowest BCUT2D eigenvalue weighted by Crippen LogP contribution is -2.18. The Balaban J connectivity index is 1.80. The van der Waals surface area contributed by atoms with Crippen LogP contribution in [0.4, 0.5) is 0 Å². The number of pyridine rings is 1. The first-order valence-corrected chi connectivity index (χ1v) is 6.88. The van der Waals surface area contributed by atoms with Crippen LogP contribution in [0.2, 0.25) is 0 Å². The molecule has 0 radical (unpaired) electrons.